The third kappa shape index (κ3) is 2.41. The molecule has 7 nitrogen and oxygen atoms in total. The molecule has 0 bridgehead atoms. The van der Waals surface area contributed by atoms with Crippen LogP contribution in [-0.4, -0.2) is 18.0 Å². The molecule has 0 unspecified atom stereocenters. The predicted molar refractivity (Wildman–Crippen MR) is 50.0 cm³/mol. The SMILES string of the molecule is COc1cccc(C(=O)[O-])c1[N+](=O)[O-].[NH4+]. The number of rotatable bonds is 3. The maximum absolute atomic E-state index is 10.5. The molecule has 4 N–H and O–H groups in total. The van der Waals surface area contributed by atoms with Gasteiger partial charge in [0.2, 0.25) is 0 Å². The van der Waals surface area contributed by atoms with Crippen molar-refractivity contribution in [2.24, 2.45) is 0 Å². The second-order valence-corrected chi connectivity index (χ2v) is 2.40. The molecule has 0 saturated heterocycles. The molecule has 15 heavy (non-hydrogen) atoms. The van der Waals surface area contributed by atoms with Gasteiger partial charge in [-0.15, -0.1) is 0 Å². The average molecular weight is 214 g/mol. The molecule has 0 atom stereocenters. The number of methoxy groups -OCH3 is 1. The first kappa shape index (κ1) is 12.8. The first-order chi connectivity index (χ1) is 6.57. The molecule has 0 fully saturated rings. The molecular formula is C8H10N2O5. The molecule has 0 aromatic heterocycles. The largest absolute Gasteiger partial charge is 0.545 e. The Bertz CT molecular complexity index is 391. The fourth-order valence-corrected chi connectivity index (χ4v) is 1.04. The van der Waals surface area contributed by atoms with Crippen LogP contribution in [0.5, 0.6) is 5.75 Å². The Morgan fingerprint density at radius 3 is 2.47 bits per heavy atom. The van der Waals surface area contributed by atoms with Crippen LogP contribution in [0.4, 0.5) is 5.69 Å². The molecule has 0 saturated carbocycles. The van der Waals surface area contributed by atoms with Gasteiger partial charge in [0.1, 0.15) is 0 Å². The number of quaternary nitrogens is 1. The minimum Gasteiger partial charge on any atom is -0.545 e. The summed E-state index contributed by atoms with van der Waals surface area (Å²) in [5.41, 5.74) is -1.08. The molecule has 0 radical (unpaired) electrons. The zero-order chi connectivity index (χ0) is 10.7. The number of nitrogens with zero attached hydrogens (tertiary/aromatic N) is 1. The highest BCUT2D eigenvalue weighted by Crippen LogP contribution is 2.29. The Morgan fingerprint density at radius 1 is 1.47 bits per heavy atom. The number of carboxylic acid groups (broad SMARTS) is 1. The molecule has 1 rings (SSSR count). The van der Waals surface area contributed by atoms with Crippen LogP contribution in [-0.2, 0) is 0 Å². The molecule has 1 aromatic rings. The van der Waals surface area contributed by atoms with Gasteiger partial charge in [0, 0.05) is 0 Å². The Hall–Kier alpha value is -2.15. The zero-order valence-electron chi connectivity index (χ0n) is 8.22. The number of hydrogen-bond acceptors (Lipinski definition) is 5. The fraction of sp³-hybridized carbons (Fsp3) is 0.125. The Balaban J connectivity index is 0.00000196. The lowest BCUT2D eigenvalue weighted by Gasteiger charge is -2.06. The van der Waals surface area contributed by atoms with Gasteiger partial charge in [-0.3, -0.25) is 10.1 Å². The van der Waals surface area contributed by atoms with E-state index in [-0.39, 0.29) is 11.9 Å². The molecule has 0 aliphatic heterocycles. The summed E-state index contributed by atoms with van der Waals surface area (Å²) >= 11 is 0. The second kappa shape index (κ2) is 4.91. The van der Waals surface area contributed by atoms with E-state index in [1.807, 2.05) is 0 Å². The summed E-state index contributed by atoms with van der Waals surface area (Å²) in [7, 11) is 1.22. The van der Waals surface area contributed by atoms with Crippen molar-refractivity contribution < 1.29 is 19.6 Å². The van der Waals surface area contributed by atoms with Gasteiger partial charge in [-0.05, 0) is 12.1 Å². The number of para-hydroxylation sites is 1. The molecule has 7 heteroatoms. The molecular weight excluding hydrogens is 204 g/mol. The number of carbonyl (C=O) groups is 1. The molecule has 0 spiro atoms. The first-order valence-corrected chi connectivity index (χ1v) is 3.60. The summed E-state index contributed by atoms with van der Waals surface area (Å²) in [6.45, 7) is 0. The normalized spacial score (nSPS) is 8.87. The van der Waals surface area contributed by atoms with Crippen LogP contribution >= 0.6 is 0 Å². The number of nitro groups is 1. The van der Waals surface area contributed by atoms with E-state index in [9.17, 15) is 20.0 Å². The number of benzene rings is 1. The van der Waals surface area contributed by atoms with Gasteiger partial charge >= 0.3 is 5.69 Å². The topological polar surface area (TPSA) is 129 Å². The molecule has 1 aromatic carbocycles. The third-order valence-electron chi connectivity index (χ3n) is 1.62. The lowest BCUT2D eigenvalue weighted by molar-refractivity contribution is -0.386. The standard InChI is InChI=1S/C8H7NO5.H3N/c1-14-6-4-2-3-5(8(10)11)7(6)9(12)13;/h2-4H,1H3,(H,10,11);1H3. The minimum atomic E-state index is -1.60. The van der Waals surface area contributed by atoms with Gasteiger partial charge in [-0.2, -0.15) is 0 Å². The van der Waals surface area contributed by atoms with Crippen LogP contribution in [0.2, 0.25) is 0 Å². The monoisotopic (exact) mass is 214 g/mol. The van der Waals surface area contributed by atoms with Crippen LogP contribution in [0.25, 0.3) is 0 Å². The van der Waals surface area contributed by atoms with E-state index < -0.39 is 22.1 Å². The summed E-state index contributed by atoms with van der Waals surface area (Å²) in [4.78, 5) is 20.2. The number of nitro benzene ring substituents is 1. The lowest BCUT2D eigenvalue weighted by Crippen LogP contribution is -2.23. The van der Waals surface area contributed by atoms with E-state index in [1.165, 1.54) is 19.2 Å². The summed E-state index contributed by atoms with van der Waals surface area (Å²) in [5.74, 6) is -1.70. The molecule has 0 aliphatic rings. The fourth-order valence-electron chi connectivity index (χ4n) is 1.04. The van der Waals surface area contributed by atoms with E-state index in [0.717, 1.165) is 6.07 Å². The first-order valence-electron chi connectivity index (χ1n) is 3.60. The van der Waals surface area contributed by atoms with E-state index >= 15 is 0 Å². The summed E-state index contributed by atoms with van der Waals surface area (Å²) < 4.78 is 4.66. The second-order valence-electron chi connectivity index (χ2n) is 2.40. The molecule has 0 amide bonds. The van der Waals surface area contributed by atoms with Crippen molar-refractivity contribution in [2.45, 2.75) is 0 Å². The maximum atomic E-state index is 10.5. The Kier molecular flexibility index (Phi) is 4.21. The van der Waals surface area contributed by atoms with Crippen molar-refractivity contribution in [3.05, 3.63) is 33.9 Å². The van der Waals surface area contributed by atoms with Crippen molar-refractivity contribution in [2.75, 3.05) is 7.11 Å². The van der Waals surface area contributed by atoms with Gasteiger partial charge in [-0.1, -0.05) is 6.07 Å². The highest BCUT2D eigenvalue weighted by molar-refractivity contribution is 5.92. The molecule has 0 heterocycles. The molecule has 82 valence electrons. The quantitative estimate of drug-likeness (QED) is 0.572. The van der Waals surface area contributed by atoms with Crippen molar-refractivity contribution >= 4 is 11.7 Å². The van der Waals surface area contributed by atoms with Crippen LogP contribution in [0.3, 0.4) is 0 Å². The summed E-state index contributed by atoms with van der Waals surface area (Å²) in [6, 6.07) is 3.75. The number of aromatic carboxylic acids is 1. The van der Waals surface area contributed by atoms with Gasteiger partial charge in [-0.25, -0.2) is 0 Å². The summed E-state index contributed by atoms with van der Waals surface area (Å²) in [5, 5.41) is 21.1. The van der Waals surface area contributed by atoms with Crippen LogP contribution in [0.1, 0.15) is 10.4 Å². The average Bonchev–Trinajstić information content (AvgIpc) is 2.16. The zero-order valence-corrected chi connectivity index (χ0v) is 8.22. The minimum absolute atomic E-state index is 0. The lowest BCUT2D eigenvalue weighted by atomic mass is 10.1. The number of carbonyl (C=O) groups excluding carboxylic acids is 1. The van der Waals surface area contributed by atoms with Crippen molar-refractivity contribution in [3.8, 4) is 5.75 Å². The third-order valence-corrected chi connectivity index (χ3v) is 1.62. The highest BCUT2D eigenvalue weighted by Gasteiger charge is 2.20. The van der Waals surface area contributed by atoms with Crippen LogP contribution in [0, 0.1) is 10.1 Å². The van der Waals surface area contributed by atoms with Gasteiger partial charge in [0.25, 0.3) is 0 Å². The van der Waals surface area contributed by atoms with Crippen LogP contribution in [0.15, 0.2) is 18.2 Å². The number of ether oxygens (including phenoxy) is 1. The van der Waals surface area contributed by atoms with Gasteiger partial charge < -0.3 is 20.8 Å². The Morgan fingerprint density at radius 2 is 2.07 bits per heavy atom. The summed E-state index contributed by atoms with van der Waals surface area (Å²) in [6.07, 6.45) is 0. The Labute approximate surface area is 85.0 Å². The highest BCUT2D eigenvalue weighted by atomic mass is 16.6. The van der Waals surface area contributed by atoms with Gasteiger partial charge in [0.15, 0.2) is 5.75 Å². The molecule has 0 aliphatic carbocycles. The van der Waals surface area contributed by atoms with Crippen molar-refractivity contribution in [1.82, 2.24) is 6.15 Å². The van der Waals surface area contributed by atoms with Gasteiger partial charge in [0.05, 0.1) is 23.6 Å². The van der Waals surface area contributed by atoms with E-state index in [1.54, 1.807) is 0 Å². The van der Waals surface area contributed by atoms with Crippen LogP contribution < -0.4 is 16.0 Å². The number of hydrogen-bond donors (Lipinski definition) is 1. The number of carboxylic acids is 1. The predicted octanol–water partition coefficient (Wildman–Crippen LogP) is 0.343. The van der Waals surface area contributed by atoms with Crippen molar-refractivity contribution in [3.63, 3.8) is 0 Å². The van der Waals surface area contributed by atoms with Crippen molar-refractivity contribution in [1.29, 1.82) is 0 Å². The smallest absolute Gasteiger partial charge is 0.319 e. The van der Waals surface area contributed by atoms with E-state index in [0.29, 0.717) is 0 Å². The van der Waals surface area contributed by atoms with E-state index in [4.69, 9.17) is 0 Å². The van der Waals surface area contributed by atoms with E-state index in [2.05, 4.69) is 4.74 Å². The maximum Gasteiger partial charge on any atom is 0.319 e.